The maximum absolute atomic E-state index is 13.6. The fourth-order valence-electron chi connectivity index (χ4n) is 4.75. The zero-order chi connectivity index (χ0) is 22.2. The van der Waals surface area contributed by atoms with Crippen molar-refractivity contribution < 1.29 is 4.79 Å². The van der Waals surface area contributed by atoms with Gasteiger partial charge in [-0.3, -0.25) is 9.78 Å². The molecule has 6 nitrogen and oxygen atoms in total. The van der Waals surface area contributed by atoms with E-state index in [1.54, 1.807) is 10.7 Å². The average Bonchev–Trinajstić information content (AvgIpc) is 3.42. The number of hydrogen-bond acceptors (Lipinski definition) is 4. The number of aryl methyl sites for hydroxylation is 3. The van der Waals surface area contributed by atoms with Crippen LogP contribution in [0.15, 0.2) is 54.7 Å². The first-order chi connectivity index (χ1) is 15.5. The van der Waals surface area contributed by atoms with Crippen LogP contribution in [-0.4, -0.2) is 36.9 Å². The molecule has 162 valence electrons. The van der Waals surface area contributed by atoms with E-state index < -0.39 is 0 Å². The second kappa shape index (κ2) is 8.19. The fraction of sp³-hybridized carbons (Fsp3) is 0.308. The Hall–Kier alpha value is -3.54. The molecule has 1 atom stereocenters. The van der Waals surface area contributed by atoms with Crippen LogP contribution in [0.2, 0.25) is 0 Å². The van der Waals surface area contributed by atoms with Crippen LogP contribution in [0.25, 0.3) is 5.65 Å². The van der Waals surface area contributed by atoms with Gasteiger partial charge >= 0.3 is 0 Å². The maximum atomic E-state index is 13.6. The Kier molecular flexibility index (Phi) is 5.21. The van der Waals surface area contributed by atoms with Crippen molar-refractivity contribution in [2.45, 2.75) is 46.1 Å². The molecule has 3 aromatic heterocycles. The lowest BCUT2D eigenvalue weighted by Gasteiger charge is -2.25. The molecule has 1 amide bonds. The number of fused-ring (bicyclic) bond motifs is 1. The first-order valence-electron chi connectivity index (χ1n) is 11.1. The van der Waals surface area contributed by atoms with E-state index in [2.05, 4.69) is 53.4 Å². The molecule has 0 unspecified atom stereocenters. The van der Waals surface area contributed by atoms with Crippen LogP contribution in [0.1, 0.15) is 63.1 Å². The van der Waals surface area contributed by atoms with Crippen LogP contribution in [0.3, 0.4) is 0 Å². The van der Waals surface area contributed by atoms with E-state index >= 15 is 0 Å². The first kappa shape index (κ1) is 20.4. The normalized spacial score (nSPS) is 16.1. The molecule has 1 fully saturated rings. The Bertz CT molecular complexity index is 1310. The molecule has 0 aliphatic carbocycles. The molecule has 6 heteroatoms. The number of hydrogen-bond donors (Lipinski definition) is 0. The van der Waals surface area contributed by atoms with Gasteiger partial charge in [-0.25, -0.2) is 9.50 Å². The molecule has 5 rings (SSSR count). The summed E-state index contributed by atoms with van der Waals surface area (Å²) in [5.41, 5.74) is 7.79. The number of benzene rings is 1. The van der Waals surface area contributed by atoms with Crippen LogP contribution in [0, 0.1) is 20.8 Å². The van der Waals surface area contributed by atoms with Crippen molar-refractivity contribution in [2.75, 3.05) is 6.54 Å². The third kappa shape index (κ3) is 3.88. The van der Waals surface area contributed by atoms with Gasteiger partial charge in [0.05, 0.1) is 17.9 Å². The number of aromatic nitrogens is 4. The molecule has 0 bridgehead atoms. The molecule has 4 heterocycles. The van der Waals surface area contributed by atoms with Crippen LogP contribution in [-0.2, 0) is 6.42 Å². The van der Waals surface area contributed by atoms with Gasteiger partial charge in [0.25, 0.3) is 5.91 Å². The highest BCUT2D eigenvalue weighted by molar-refractivity contribution is 5.93. The summed E-state index contributed by atoms with van der Waals surface area (Å²) in [7, 11) is 0. The third-order valence-corrected chi connectivity index (χ3v) is 6.09. The molecule has 1 aliphatic rings. The van der Waals surface area contributed by atoms with Gasteiger partial charge in [0.2, 0.25) is 0 Å². The van der Waals surface area contributed by atoms with Gasteiger partial charge in [-0.2, -0.15) is 5.10 Å². The Labute approximate surface area is 187 Å². The summed E-state index contributed by atoms with van der Waals surface area (Å²) in [5, 5.41) is 4.32. The molecule has 1 saturated heterocycles. The average molecular weight is 426 g/mol. The Balaban J connectivity index is 1.47. The van der Waals surface area contributed by atoms with Gasteiger partial charge in [0, 0.05) is 24.0 Å². The number of nitrogens with zero attached hydrogens (tertiary/aromatic N) is 5. The van der Waals surface area contributed by atoms with Crippen molar-refractivity contribution in [1.82, 2.24) is 24.5 Å². The molecule has 4 aromatic rings. The lowest BCUT2D eigenvalue weighted by Crippen LogP contribution is -2.32. The van der Waals surface area contributed by atoms with E-state index in [0.717, 1.165) is 42.9 Å². The predicted octanol–water partition coefficient (Wildman–Crippen LogP) is 4.62. The van der Waals surface area contributed by atoms with Crippen LogP contribution in [0.5, 0.6) is 0 Å². The van der Waals surface area contributed by atoms with E-state index in [0.29, 0.717) is 11.3 Å². The zero-order valence-electron chi connectivity index (χ0n) is 18.7. The molecule has 1 aromatic carbocycles. The highest BCUT2D eigenvalue weighted by Gasteiger charge is 2.33. The van der Waals surface area contributed by atoms with Gasteiger partial charge in [0.1, 0.15) is 5.69 Å². The first-order valence-corrected chi connectivity index (χ1v) is 11.1. The molecule has 0 N–H and O–H groups in total. The Morgan fingerprint density at radius 3 is 2.69 bits per heavy atom. The topological polar surface area (TPSA) is 63.4 Å². The summed E-state index contributed by atoms with van der Waals surface area (Å²) in [4.78, 5) is 24.9. The summed E-state index contributed by atoms with van der Waals surface area (Å²) in [6, 6.07) is 16.5. The fourth-order valence-corrected chi connectivity index (χ4v) is 4.75. The van der Waals surface area contributed by atoms with Crippen LogP contribution >= 0.6 is 0 Å². The van der Waals surface area contributed by atoms with Gasteiger partial charge in [-0.15, -0.1) is 0 Å². The number of rotatable bonds is 4. The van der Waals surface area contributed by atoms with E-state index in [1.807, 2.05) is 30.9 Å². The monoisotopic (exact) mass is 425 g/mol. The van der Waals surface area contributed by atoms with Crippen molar-refractivity contribution >= 4 is 11.6 Å². The summed E-state index contributed by atoms with van der Waals surface area (Å²) in [6.07, 6.45) is 4.42. The molecule has 32 heavy (non-hydrogen) atoms. The minimum Gasteiger partial charge on any atom is -0.329 e. The van der Waals surface area contributed by atoms with Gasteiger partial charge in [0.15, 0.2) is 5.65 Å². The summed E-state index contributed by atoms with van der Waals surface area (Å²) >= 11 is 0. The maximum Gasteiger partial charge on any atom is 0.273 e. The number of amides is 1. The highest BCUT2D eigenvalue weighted by Crippen LogP contribution is 2.33. The van der Waals surface area contributed by atoms with Crippen molar-refractivity contribution in [3.63, 3.8) is 0 Å². The third-order valence-electron chi connectivity index (χ3n) is 6.09. The molecule has 0 radical (unpaired) electrons. The molecule has 0 spiro atoms. The zero-order valence-corrected chi connectivity index (χ0v) is 18.7. The summed E-state index contributed by atoms with van der Waals surface area (Å²) in [5.74, 6) is -0.0183. The van der Waals surface area contributed by atoms with Crippen LogP contribution in [0.4, 0.5) is 0 Å². The molecule has 0 saturated carbocycles. The quantitative estimate of drug-likeness (QED) is 0.479. The van der Waals surface area contributed by atoms with Crippen molar-refractivity contribution in [2.24, 2.45) is 0 Å². The largest absolute Gasteiger partial charge is 0.329 e. The Morgan fingerprint density at radius 2 is 1.84 bits per heavy atom. The molecular weight excluding hydrogens is 398 g/mol. The predicted molar refractivity (Wildman–Crippen MR) is 124 cm³/mol. The smallest absolute Gasteiger partial charge is 0.273 e. The summed E-state index contributed by atoms with van der Waals surface area (Å²) in [6.45, 7) is 6.78. The van der Waals surface area contributed by atoms with Gasteiger partial charge < -0.3 is 4.90 Å². The lowest BCUT2D eigenvalue weighted by atomic mass is 10.0. The van der Waals surface area contributed by atoms with Gasteiger partial charge in [-0.1, -0.05) is 29.8 Å². The highest BCUT2D eigenvalue weighted by atomic mass is 16.2. The molecule has 1 aliphatic heterocycles. The second-order valence-corrected chi connectivity index (χ2v) is 8.75. The standard InChI is InChI=1S/C26H27N5O/c1-17-6-4-7-20(12-17)15-21-13-18(2)28-22(16-21)23-8-5-11-30(23)26(32)24-14-19(3)29-25-9-10-27-31(24)25/h4,6-7,9-10,12-14,16,23H,5,8,11,15H2,1-3H3/t23-/m1/s1. The van der Waals surface area contributed by atoms with Crippen LogP contribution < -0.4 is 0 Å². The summed E-state index contributed by atoms with van der Waals surface area (Å²) < 4.78 is 1.64. The van der Waals surface area contributed by atoms with Crippen molar-refractivity contribution in [3.8, 4) is 0 Å². The Morgan fingerprint density at radius 1 is 1.00 bits per heavy atom. The van der Waals surface area contributed by atoms with E-state index in [1.165, 1.54) is 16.7 Å². The lowest BCUT2D eigenvalue weighted by molar-refractivity contribution is 0.0723. The van der Waals surface area contributed by atoms with Crippen molar-refractivity contribution in [1.29, 1.82) is 0 Å². The van der Waals surface area contributed by atoms with Gasteiger partial charge in [-0.05, 0) is 69.4 Å². The second-order valence-electron chi connectivity index (χ2n) is 8.75. The van der Waals surface area contributed by atoms with E-state index in [4.69, 9.17) is 4.98 Å². The number of pyridine rings is 1. The number of likely N-dealkylation sites (tertiary alicyclic amines) is 1. The van der Waals surface area contributed by atoms with E-state index in [9.17, 15) is 4.79 Å². The van der Waals surface area contributed by atoms with E-state index in [-0.39, 0.29) is 11.9 Å². The minimum absolute atomic E-state index is 0.0183. The van der Waals surface area contributed by atoms with Crippen molar-refractivity contribution in [3.05, 3.63) is 94.2 Å². The number of carbonyl (C=O) groups is 1. The minimum atomic E-state index is -0.0299. The molecular formula is C26H27N5O. The number of carbonyl (C=O) groups excluding carboxylic acids is 1. The SMILES string of the molecule is Cc1cccc(Cc2cc(C)nc([C@H]3CCCN3C(=O)c3cc(C)nc4ccnn34)c2)c1.